The normalized spacial score (nSPS) is 34.7. The molecule has 0 spiro atoms. The lowest BCUT2D eigenvalue weighted by Crippen LogP contribution is -2.48. The van der Waals surface area contributed by atoms with Crippen molar-refractivity contribution in [2.75, 3.05) is 13.2 Å². The minimum atomic E-state index is -0.302. The number of hydrogen-bond donors (Lipinski definition) is 2. The molecule has 0 atom stereocenters. The molecule has 4 heteroatoms. The van der Waals surface area contributed by atoms with Gasteiger partial charge in [0.05, 0.1) is 6.10 Å². The molecule has 4 nitrogen and oxygen atoms in total. The molecule has 0 unspecified atom stereocenters. The minimum absolute atomic E-state index is 0.0674. The standard InChI is InChI=1S/C14H25NO3/c1-11(2)18-12(17)15-9-13-3-6-14(10-16,7-4-13)8-5-13/h11,16H,3-10H2,1-2H3,(H,15,17). The number of alkyl carbamates (subject to hydrolysis) is 1. The van der Waals surface area contributed by atoms with Crippen LogP contribution in [0.1, 0.15) is 52.4 Å². The number of hydrogen-bond acceptors (Lipinski definition) is 3. The zero-order valence-corrected chi connectivity index (χ0v) is 11.5. The second-order valence-corrected chi connectivity index (χ2v) is 6.47. The Bertz CT molecular complexity index is 290. The summed E-state index contributed by atoms with van der Waals surface area (Å²) in [6.45, 7) is 4.76. The van der Waals surface area contributed by atoms with Crippen LogP contribution in [0.4, 0.5) is 4.79 Å². The third kappa shape index (κ3) is 2.79. The summed E-state index contributed by atoms with van der Waals surface area (Å²) < 4.78 is 5.09. The zero-order chi connectivity index (χ0) is 13.2. The molecule has 0 aromatic carbocycles. The maximum Gasteiger partial charge on any atom is 0.407 e. The van der Waals surface area contributed by atoms with Crippen molar-refractivity contribution in [1.29, 1.82) is 0 Å². The lowest BCUT2D eigenvalue weighted by molar-refractivity contribution is -0.0412. The fourth-order valence-corrected chi connectivity index (χ4v) is 3.36. The van der Waals surface area contributed by atoms with Gasteiger partial charge < -0.3 is 15.2 Å². The van der Waals surface area contributed by atoms with E-state index < -0.39 is 0 Å². The molecule has 3 saturated carbocycles. The number of nitrogens with one attached hydrogen (secondary N) is 1. The Labute approximate surface area is 109 Å². The maximum atomic E-state index is 11.5. The maximum absolute atomic E-state index is 11.5. The second kappa shape index (κ2) is 5.08. The molecule has 0 aromatic rings. The molecular weight excluding hydrogens is 230 g/mol. The third-order valence-corrected chi connectivity index (χ3v) is 4.84. The summed E-state index contributed by atoms with van der Waals surface area (Å²) in [6, 6.07) is 0. The highest BCUT2D eigenvalue weighted by Gasteiger charge is 2.48. The third-order valence-electron chi connectivity index (χ3n) is 4.84. The second-order valence-electron chi connectivity index (χ2n) is 6.47. The van der Waals surface area contributed by atoms with Crippen molar-refractivity contribution in [3.63, 3.8) is 0 Å². The highest BCUT2D eigenvalue weighted by molar-refractivity contribution is 5.67. The van der Waals surface area contributed by atoms with E-state index in [9.17, 15) is 9.90 Å². The summed E-state index contributed by atoms with van der Waals surface area (Å²) in [5.74, 6) is 0. The molecule has 0 radical (unpaired) electrons. The summed E-state index contributed by atoms with van der Waals surface area (Å²) in [5.41, 5.74) is 0.451. The molecule has 3 aliphatic rings. The highest BCUT2D eigenvalue weighted by Crippen LogP contribution is 2.56. The van der Waals surface area contributed by atoms with Gasteiger partial charge in [-0.3, -0.25) is 0 Å². The summed E-state index contributed by atoms with van der Waals surface area (Å²) in [7, 11) is 0. The Morgan fingerprint density at radius 1 is 1.17 bits per heavy atom. The molecule has 0 heterocycles. The number of carbonyl (C=O) groups is 1. The largest absolute Gasteiger partial charge is 0.447 e. The average molecular weight is 255 g/mol. The molecule has 1 amide bonds. The number of fused-ring (bicyclic) bond motifs is 3. The number of carbonyl (C=O) groups excluding carboxylic acids is 1. The summed E-state index contributed by atoms with van der Waals surface area (Å²) >= 11 is 0. The molecule has 18 heavy (non-hydrogen) atoms. The van der Waals surface area contributed by atoms with Gasteiger partial charge in [-0.2, -0.15) is 0 Å². The Hall–Kier alpha value is -0.770. The van der Waals surface area contributed by atoms with Gasteiger partial charge in [-0.05, 0) is 63.2 Å². The molecule has 0 aromatic heterocycles. The van der Waals surface area contributed by atoms with Gasteiger partial charge in [0.25, 0.3) is 0 Å². The van der Waals surface area contributed by atoms with Crippen LogP contribution in [-0.4, -0.2) is 30.5 Å². The number of rotatable bonds is 4. The van der Waals surface area contributed by atoms with Crippen molar-refractivity contribution in [3.8, 4) is 0 Å². The summed E-state index contributed by atoms with van der Waals surface area (Å²) in [6.07, 6.45) is 6.30. The van der Waals surface area contributed by atoms with Crippen molar-refractivity contribution in [2.24, 2.45) is 10.8 Å². The van der Waals surface area contributed by atoms with E-state index in [2.05, 4.69) is 5.32 Å². The van der Waals surface area contributed by atoms with E-state index in [0.717, 1.165) is 45.1 Å². The Kier molecular flexibility index (Phi) is 3.85. The van der Waals surface area contributed by atoms with E-state index in [4.69, 9.17) is 4.74 Å². The van der Waals surface area contributed by atoms with Crippen LogP contribution in [0.3, 0.4) is 0 Å². The van der Waals surface area contributed by atoms with Crippen molar-refractivity contribution >= 4 is 6.09 Å². The van der Waals surface area contributed by atoms with Crippen molar-refractivity contribution < 1.29 is 14.6 Å². The first-order chi connectivity index (χ1) is 8.49. The first-order valence-electron chi connectivity index (χ1n) is 7.05. The lowest BCUT2D eigenvalue weighted by atomic mass is 9.54. The molecule has 2 bridgehead atoms. The van der Waals surface area contributed by atoms with Gasteiger partial charge in [-0.25, -0.2) is 4.79 Å². The van der Waals surface area contributed by atoms with Crippen LogP contribution < -0.4 is 5.32 Å². The van der Waals surface area contributed by atoms with Gasteiger partial charge in [0.15, 0.2) is 0 Å². The van der Waals surface area contributed by atoms with Gasteiger partial charge >= 0.3 is 6.09 Å². The van der Waals surface area contributed by atoms with Gasteiger partial charge in [-0.15, -0.1) is 0 Å². The smallest absolute Gasteiger partial charge is 0.407 e. The number of aliphatic hydroxyl groups is 1. The summed E-state index contributed by atoms with van der Waals surface area (Å²) in [4.78, 5) is 11.5. The van der Waals surface area contributed by atoms with Gasteiger partial charge in [0.2, 0.25) is 0 Å². The first-order valence-corrected chi connectivity index (χ1v) is 7.05. The fourth-order valence-electron chi connectivity index (χ4n) is 3.36. The van der Waals surface area contributed by atoms with E-state index >= 15 is 0 Å². The topological polar surface area (TPSA) is 58.6 Å². The van der Waals surface area contributed by atoms with Crippen LogP contribution in [0.15, 0.2) is 0 Å². The monoisotopic (exact) mass is 255 g/mol. The number of aliphatic hydroxyl groups excluding tert-OH is 1. The van der Waals surface area contributed by atoms with Crippen LogP contribution in [0, 0.1) is 10.8 Å². The molecule has 0 aliphatic heterocycles. The fraction of sp³-hybridized carbons (Fsp3) is 0.929. The Balaban J connectivity index is 1.82. The van der Waals surface area contributed by atoms with Gasteiger partial charge in [0.1, 0.15) is 0 Å². The van der Waals surface area contributed by atoms with E-state index in [1.807, 2.05) is 13.8 Å². The Morgan fingerprint density at radius 3 is 2.11 bits per heavy atom. The predicted octanol–water partition coefficient (Wildman–Crippen LogP) is 2.45. The molecule has 2 N–H and O–H groups in total. The molecule has 3 aliphatic carbocycles. The minimum Gasteiger partial charge on any atom is -0.447 e. The highest BCUT2D eigenvalue weighted by atomic mass is 16.6. The zero-order valence-electron chi connectivity index (χ0n) is 11.5. The lowest BCUT2D eigenvalue weighted by Gasteiger charge is -2.52. The Morgan fingerprint density at radius 2 is 1.67 bits per heavy atom. The van der Waals surface area contributed by atoms with Crippen LogP contribution in [0.2, 0.25) is 0 Å². The molecule has 104 valence electrons. The molecule has 3 rings (SSSR count). The molecule has 3 fully saturated rings. The van der Waals surface area contributed by atoms with E-state index in [1.54, 1.807) is 0 Å². The predicted molar refractivity (Wildman–Crippen MR) is 69.3 cm³/mol. The first kappa shape index (κ1) is 13.7. The molecule has 0 saturated heterocycles. The van der Waals surface area contributed by atoms with Gasteiger partial charge in [0, 0.05) is 13.2 Å². The van der Waals surface area contributed by atoms with Crippen LogP contribution in [0.25, 0.3) is 0 Å². The number of ether oxygens (including phenoxy) is 1. The van der Waals surface area contributed by atoms with Crippen molar-refractivity contribution in [3.05, 3.63) is 0 Å². The van der Waals surface area contributed by atoms with E-state index in [1.165, 1.54) is 0 Å². The van der Waals surface area contributed by atoms with Crippen molar-refractivity contribution in [1.82, 2.24) is 5.32 Å². The van der Waals surface area contributed by atoms with Crippen molar-refractivity contribution in [2.45, 2.75) is 58.5 Å². The van der Waals surface area contributed by atoms with Crippen LogP contribution in [-0.2, 0) is 4.74 Å². The summed E-state index contributed by atoms with van der Waals surface area (Å²) in [5, 5.41) is 12.4. The van der Waals surface area contributed by atoms with Gasteiger partial charge in [-0.1, -0.05) is 0 Å². The van der Waals surface area contributed by atoms with E-state index in [0.29, 0.717) is 6.61 Å². The number of amides is 1. The SMILES string of the molecule is CC(C)OC(=O)NCC12CCC(CO)(CC1)CC2. The van der Waals surface area contributed by atoms with Crippen LogP contribution >= 0.6 is 0 Å². The van der Waals surface area contributed by atoms with Crippen LogP contribution in [0.5, 0.6) is 0 Å². The quantitative estimate of drug-likeness (QED) is 0.811. The van der Waals surface area contributed by atoms with E-state index in [-0.39, 0.29) is 23.0 Å². The average Bonchev–Trinajstić information content (AvgIpc) is 2.38. The molecular formula is C14H25NO3.